The lowest BCUT2D eigenvalue weighted by molar-refractivity contribution is -0.137. The second-order valence-corrected chi connectivity index (χ2v) is 3.64. The highest BCUT2D eigenvalue weighted by Crippen LogP contribution is 2.20. The molecule has 1 aromatic rings. The van der Waals surface area contributed by atoms with E-state index in [1.165, 1.54) is 6.07 Å². The van der Waals surface area contributed by atoms with Gasteiger partial charge < -0.3 is 15.7 Å². The van der Waals surface area contributed by atoms with Gasteiger partial charge in [-0.25, -0.2) is 0 Å². The number of carbonyl (C=O) groups excluding carboxylic acids is 1. The standard InChI is InChI=1S/C8H8Cl2N4O3/c9-5-1-4(8(10)14-13-5)11-2-6(15)12-3-7(16)17/h1H,2-3H2,(H,11,13)(H,12,15)(H,16,17). The Bertz CT molecular complexity index is 441. The number of hydrogen-bond donors (Lipinski definition) is 3. The third-order valence-electron chi connectivity index (χ3n) is 1.60. The number of nitrogens with one attached hydrogen (secondary N) is 2. The van der Waals surface area contributed by atoms with Crippen LogP contribution in [0.1, 0.15) is 0 Å². The van der Waals surface area contributed by atoms with Gasteiger partial charge >= 0.3 is 5.97 Å². The predicted octanol–water partition coefficient (Wildman–Crippen LogP) is 0.396. The van der Waals surface area contributed by atoms with Gasteiger partial charge in [-0.05, 0) is 0 Å². The van der Waals surface area contributed by atoms with Crippen LogP contribution in [0.15, 0.2) is 6.07 Å². The highest BCUT2D eigenvalue weighted by molar-refractivity contribution is 6.33. The highest BCUT2D eigenvalue weighted by Gasteiger charge is 2.07. The summed E-state index contributed by atoms with van der Waals surface area (Å²) in [5, 5.41) is 20.4. The molecule has 1 heterocycles. The normalized spacial score (nSPS) is 9.76. The molecule has 0 unspecified atom stereocenters. The lowest BCUT2D eigenvalue weighted by Gasteiger charge is -2.07. The van der Waals surface area contributed by atoms with Crippen molar-refractivity contribution in [3.63, 3.8) is 0 Å². The van der Waals surface area contributed by atoms with E-state index in [0.717, 1.165) is 0 Å². The zero-order valence-corrected chi connectivity index (χ0v) is 9.92. The number of aliphatic carboxylic acids is 1. The zero-order chi connectivity index (χ0) is 12.8. The maximum absolute atomic E-state index is 11.2. The van der Waals surface area contributed by atoms with Crippen molar-refractivity contribution >= 4 is 40.8 Å². The molecular formula is C8H8Cl2N4O3. The number of rotatable bonds is 5. The second-order valence-electron chi connectivity index (χ2n) is 2.90. The fraction of sp³-hybridized carbons (Fsp3) is 0.250. The first kappa shape index (κ1) is 13.5. The van der Waals surface area contributed by atoms with Crippen LogP contribution < -0.4 is 10.6 Å². The molecule has 0 fully saturated rings. The molecule has 92 valence electrons. The van der Waals surface area contributed by atoms with Crippen LogP contribution in [0.3, 0.4) is 0 Å². The maximum Gasteiger partial charge on any atom is 0.322 e. The average Bonchev–Trinajstić information content (AvgIpc) is 2.27. The number of carboxylic acid groups (broad SMARTS) is 1. The maximum atomic E-state index is 11.2. The molecule has 0 bridgehead atoms. The van der Waals surface area contributed by atoms with Gasteiger partial charge in [0.2, 0.25) is 5.91 Å². The third-order valence-corrected chi connectivity index (χ3v) is 2.06. The number of carbonyl (C=O) groups is 2. The minimum absolute atomic E-state index is 0.0698. The Morgan fingerprint density at radius 1 is 1.29 bits per heavy atom. The number of hydrogen-bond acceptors (Lipinski definition) is 5. The fourth-order valence-electron chi connectivity index (χ4n) is 0.889. The van der Waals surface area contributed by atoms with Crippen molar-refractivity contribution in [2.75, 3.05) is 18.4 Å². The van der Waals surface area contributed by atoms with E-state index in [0.29, 0.717) is 5.69 Å². The van der Waals surface area contributed by atoms with E-state index in [4.69, 9.17) is 28.3 Å². The quantitative estimate of drug-likeness (QED) is 0.720. The van der Waals surface area contributed by atoms with Crippen LogP contribution in [0.4, 0.5) is 5.69 Å². The van der Waals surface area contributed by atoms with Crippen molar-refractivity contribution in [1.82, 2.24) is 15.5 Å². The Balaban J connectivity index is 2.47. The van der Waals surface area contributed by atoms with Crippen LogP contribution in [0.2, 0.25) is 10.3 Å². The summed E-state index contributed by atoms with van der Waals surface area (Å²) >= 11 is 11.3. The molecule has 1 rings (SSSR count). The van der Waals surface area contributed by atoms with Crippen LogP contribution in [0, 0.1) is 0 Å². The smallest absolute Gasteiger partial charge is 0.322 e. The van der Waals surface area contributed by atoms with Crippen molar-refractivity contribution in [2.45, 2.75) is 0 Å². The summed E-state index contributed by atoms with van der Waals surface area (Å²) in [6, 6.07) is 1.40. The van der Waals surface area contributed by atoms with Crippen molar-refractivity contribution < 1.29 is 14.7 Å². The lowest BCUT2D eigenvalue weighted by Crippen LogP contribution is -2.33. The second kappa shape index (κ2) is 6.21. The van der Waals surface area contributed by atoms with E-state index in [2.05, 4.69) is 20.8 Å². The highest BCUT2D eigenvalue weighted by atomic mass is 35.5. The Kier molecular flexibility index (Phi) is 4.92. The van der Waals surface area contributed by atoms with E-state index in [9.17, 15) is 9.59 Å². The van der Waals surface area contributed by atoms with Crippen LogP contribution in [0.5, 0.6) is 0 Å². The van der Waals surface area contributed by atoms with Crippen molar-refractivity contribution in [3.05, 3.63) is 16.4 Å². The summed E-state index contributed by atoms with van der Waals surface area (Å²) in [6.45, 7) is -0.585. The Hall–Kier alpha value is -1.60. The molecule has 0 saturated carbocycles. The van der Waals surface area contributed by atoms with Crippen molar-refractivity contribution in [3.8, 4) is 0 Å². The lowest BCUT2D eigenvalue weighted by atomic mass is 10.4. The summed E-state index contributed by atoms with van der Waals surface area (Å²) in [5.41, 5.74) is 0.345. The van der Waals surface area contributed by atoms with Gasteiger partial charge in [0.05, 0.1) is 12.2 Å². The van der Waals surface area contributed by atoms with Gasteiger partial charge in [-0.3, -0.25) is 9.59 Å². The summed E-state index contributed by atoms with van der Waals surface area (Å²) < 4.78 is 0. The molecule has 0 aliphatic heterocycles. The van der Waals surface area contributed by atoms with Crippen molar-refractivity contribution in [2.24, 2.45) is 0 Å². The van der Waals surface area contributed by atoms with Crippen LogP contribution in [0.25, 0.3) is 0 Å². The first-order valence-electron chi connectivity index (χ1n) is 4.40. The number of amides is 1. The van der Waals surface area contributed by atoms with Crippen LogP contribution in [-0.4, -0.2) is 40.3 Å². The molecule has 0 spiro atoms. The molecule has 0 aromatic carbocycles. The van der Waals surface area contributed by atoms with E-state index in [1.807, 2.05) is 0 Å². The van der Waals surface area contributed by atoms with Crippen LogP contribution >= 0.6 is 23.2 Å². The number of anilines is 1. The summed E-state index contributed by atoms with van der Waals surface area (Å²) in [4.78, 5) is 21.4. The number of nitrogens with zero attached hydrogens (tertiary/aromatic N) is 2. The number of aromatic nitrogens is 2. The Morgan fingerprint density at radius 2 is 2.00 bits per heavy atom. The minimum atomic E-state index is -1.12. The van der Waals surface area contributed by atoms with Crippen LogP contribution in [-0.2, 0) is 9.59 Å². The Labute approximate surface area is 106 Å². The van der Waals surface area contributed by atoms with E-state index in [1.54, 1.807) is 0 Å². The molecule has 0 aliphatic rings. The number of halogens is 2. The first-order valence-corrected chi connectivity index (χ1v) is 5.15. The zero-order valence-electron chi connectivity index (χ0n) is 8.41. The van der Waals surface area contributed by atoms with Gasteiger partial charge in [0.15, 0.2) is 10.3 Å². The molecule has 7 nitrogen and oxygen atoms in total. The topological polar surface area (TPSA) is 104 Å². The van der Waals surface area contributed by atoms with Crippen molar-refractivity contribution in [1.29, 1.82) is 0 Å². The van der Waals surface area contributed by atoms with E-state index >= 15 is 0 Å². The third kappa shape index (κ3) is 4.83. The Morgan fingerprint density at radius 3 is 2.65 bits per heavy atom. The molecule has 0 saturated heterocycles. The molecule has 0 aliphatic carbocycles. The molecule has 9 heteroatoms. The van der Waals surface area contributed by atoms with Gasteiger partial charge in [-0.1, -0.05) is 23.2 Å². The van der Waals surface area contributed by atoms with Gasteiger partial charge in [0.25, 0.3) is 0 Å². The minimum Gasteiger partial charge on any atom is -0.480 e. The molecule has 1 amide bonds. The van der Waals surface area contributed by atoms with Gasteiger partial charge in [-0.15, -0.1) is 10.2 Å². The summed E-state index contributed by atoms with van der Waals surface area (Å²) in [6.07, 6.45) is 0. The van der Waals surface area contributed by atoms with Gasteiger partial charge in [-0.2, -0.15) is 0 Å². The molecule has 0 atom stereocenters. The largest absolute Gasteiger partial charge is 0.480 e. The summed E-state index contributed by atoms with van der Waals surface area (Å²) in [7, 11) is 0. The predicted molar refractivity (Wildman–Crippen MR) is 61.2 cm³/mol. The average molecular weight is 279 g/mol. The summed E-state index contributed by atoms with van der Waals surface area (Å²) in [5.74, 6) is -1.61. The van der Waals surface area contributed by atoms with E-state index in [-0.39, 0.29) is 16.9 Å². The fourth-order valence-corrected chi connectivity index (χ4v) is 1.20. The monoisotopic (exact) mass is 278 g/mol. The molecule has 3 N–H and O–H groups in total. The van der Waals surface area contributed by atoms with Gasteiger partial charge in [0.1, 0.15) is 6.54 Å². The SMILES string of the molecule is O=C(O)CNC(=O)CNc1cc(Cl)nnc1Cl. The molecule has 1 aromatic heterocycles. The molecule has 0 radical (unpaired) electrons. The first-order chi connectivity index (χ1) is 7.99. The number of carboxylic acids is 1. The molecule has 17 heavy (non-hydrogen) atoms. The van der Waals surface area contributed by atoms with E-state index < -0.39 is 18.4 Å². The van der Waals surface area contributed by atoms with Gasteiger partial charge in [0, 0.05) is 6.07 Å². The molecular weight excluding hydrogens is 271 g/mol.